The van der Waals surface area contributed by atoms with Gasteiger partial charge in [-0.15, -0.1) is 0 Å². The number of rotatable bonds is 4. The zero-order chi connectivity index (χ0) is 22.9. The maximum Gasteiger partial charge on any atom is 0.165 e. The third-order valence-electron chi connectivity index (χ3n) is 6.03. The van der Waals surface area contributed by atoms with Gasteiger partial charge in [0.2, 0.25) is 0 Å². The lowest BCUT2D eigenvalue weighted by atomic mass is 10.00. The van der Waals surface area contributed by atoms with Gasteiger partial charge in [-0.05, 0) is 75.8 Å². The maximum atomic E-state index is 9.39. The number of likely N-dealkylation sites (tertiary alicyclic amines) is 1. The number of hydrogen-bond donors (Lipinski definition) is 1. The number of nitrogens with zero attached hydrogens (tertiary/aromatic N) is 6. The quantitative estimate of drug-likeness (QED) is 0.443. The fourth-order valence-corrected chi connectivity index (χ4v) is 4.60. The van der Waals surface area contributed by atoms with Crippen molar-refractivity contribution in [3.63, 3.8) is 0 Å². The van der Waals surface area contributed by atoms with E-state index in [4.69, 9.17) is 21.7 Å². The van der Waals surface area contributed by atoms with Gasteiger partial charge < -0.3 is 10.2 Å². The van der Waals surface area contributed by atoms with E-state index in [1.807, 2.05) is 49.5 Å². The molecule has 1 saturated heterocycles. The van der Waals surface area contributed by atoms with E-state index in [1.54, 1.807) is 10.6 Å². The summed E-state index contributed by atoms with van der Waals surface area (Å²) in [5.41, 5.74) is 5.48. The molecule has 3 aromatic heterocycles. The van der Waals surface area contributed by atoms with Crippen molar-refractivity contribution >= 4 is 23.1 Å². The van der Waals surface area contributed by atoms with Crippen LogP contribution in [0, 0.1) is 18.3 Å². The number of anilines is 1. The average molecular weight is 458 g/mol. The summed E-state index contributed by atoms with van der Waals surface area (Å²) in [4.78, 5) is 11.6. The van der Waals surface area contributed by atoms with Crippen LogP contribution < -0.4 is 5.32 Å². The lowest BCUT2D eigenvalue weighted by Crippen LogP contribution is -2.36. The Labute approximate surface area is 197 Å². The first-order chi connectivity index (χ1) is 16.0. The Kier molecular flexibility index (Phi) is 5.71. The number of aromatic nitrogens is 4. The lowest BCUT2D eigenvalue weighted by Gasteiger charge is -2.29. The molecule has 0 radical (unpaired) electrons. The third-order valence-corrected chi connectivity index (χ3v) is 6.23. The number of fused-ring (bicyclic) bond motifs is 1. The summed E-state index contributed by atoms with van der Waals surface area (Å²) in [5.74, 6) is 0.826. The monoisotopic (exact) mass is 457 g/mol. The van der Waals surface area contributed by atoms with Gasteiger partial charge in [0.1, 0.15) is 16.7 Å². The van der Waals surface area contributed by atoms with Crippen molar-refractivity contribution in [2.24, 2.45) is 0 Å². The van der Waals surface area contributed by atoms with Crippen molar-refractivity contribution in [3.8, 4) is 28.5 Å². The van der Waals surface area contributed by atoms with Gasteiger partial charge in [0.05, 0.1) is 17.2 Å². The van der Waals surface area contributed by atoms with Crippen LogP contribution in [0.1, 0.15) is 24.1 Å². The minimum absolute atomic E-state index is 0.395. The average Bonchev–Trinajstić information content (AvgIpc) is 3.19. The Hall–Kier alpha value is -3.47. The summed E-state index contributed by atoms with van der Waals surface area (Å²) in [6.07, 6.45) is 4.10. The molecule has 0 aliphatic carbocycles. The highest BCUT2D eigenvalue weighted by molar-refractivity contribution is 6.29. The van der Waals surface area contributed by atoms with Gasteiger partial charge in [0.25, 0.3) is 0 Å². The van der Waals surface area contributed by atoms with Gasteiger partial charge in [0.15, 0.2) is 5.65 Å². The second-order valence-electron chi connectivity index (χ2n) is 8.54. The molecule has 0 unspecified atom stereocenters. The maximum absolute atomic E-state index is 9.39. The molecule has 1 fully saturated rings. The molecule has 8 heteroatoms. The summed E-state index contributed by atoms with van der Waals surface area (Å²) in [5, 5.41) is 18.3. The molecule has 7 nitrogen and oxygen atoms in total. The predicted octanol–water partition coefficient (Wildman–Crippen LogP) is 4.80. The van der Waals surface area contributed by atoms with Crippen LogP contribution in [0.15, 0.2) is 48.7 Å². The van der Waals surface area contributed by atoms with Crippen LogP contribution in [0.4, 0.5) is 5.82 Å². The second kappa shape index (κ2) is 8.81. The molecule has 33 heavy (non-hydrogen) atoms. The van der Waals surface area contributed by atoms with E-state index in [0.717, 1.165) is 65.5 Å². The highest BCUT2D eigenvalue weighted by Crippen LogP contribution is 2.36. The smallest absolute Gasteiger partial charge is 0.165 e. The minimum atomic E-state index is 0.395. The molecular weight excluding hydrogens is 434 g/mol. The number of piperidine rings is 1. The van der Waals surface area contributed by atoms with Crippen LogP contribution >= 0.6 is 11.6 Å². The topological polar surface area (TPSA) is 82.1 Å². The van der Waals surface area contributed by atoms with Gasteiger partial charge in [-0.1, -0.05) is 23.7 Å². The van der Waals surface area contributed by atoms with Crippen LogP contribution in [0.3, 0.4) is 0 Å². The van der Waals surface area contributed by atoms with E-state index in [0.29, 0.717) is 16.8 Å². The van der Waals surface area contributed by atoms with Crippen LogP contribution in [-0.2, 0) is 0 Å². The van der Waals surface area contributed by atoms with Crippen molar-refractivity contribution in [3.05, 3.63) is 65.1 Å². The number of aryl methyl sites for hydroxylation is 1. The first kappa shape index (κ1) is 21.4. The molecule has 0 saturated carbocycles. The molecule has 1 N–H and O–H groups in total. The molecule has 4 heterocycles. The van der Waals surface area contributed by atoms with Gasteiger partial charge in [-0.3, -0.25) is 0 Å². The van der Waals surface area contributed by atoms with Crippen LogP contribution in [0.5, 0.6) is 0 Å². The number of halogens is 1. The number of pyridine rings is 1. The molecule has 166 valence electrons. The van der Waals surface area contributed by atoms with E-state index in [2.05, 4.69) is 28.3 Å². The van der Waals surface area contributed by atoms with Gasteiger partial charge in [-0.25, -0.2) is 14.5 Å². The summed E-state index contributed by atoms with van der Waals surface area (Å²) in [7, 11) is 2.16. The molecule has 0 atom stereocenters. The number of hydrogen-bond acceptors (Lipinski definition) is 6. The summed E-state index contributed by atoms with van der Waals surface area (Å²) >= 11 is 6.32. The zero-order valence-electron chi connectivity index (χ0n) is 18.6. The van der Waals surface area contributed by atoms with Gasteiger partial charge in [-0.2, -0.15) is 10.4 Å². The van der Waals surface area contributed by atoms with E-state index in [9.17, 15) is 5.26 Å². The first-order valence-corrected chi connectivity index (χ1v) is 11.4. The molecular formula is C25H24ClN7. The van der Waals surface area contributed by atoms with Crippen molar-refractivity contribution in [2.75, 3.05) is 25.5 Å². The Morgan fingerprint density at radius 3 is 2.67 bits per heavy atom. The fourth-order valence-electron chi connectivity index (χ4n) is 4.35. The molecule has 1 aromatic carbocycles. The normalized spacial score (nSPS) is 15.0. The summed E-state index contributed by atoms with van der Waals surface area (Å²) in [6, 6.07) is 15.8. The fraction of sp³-hybridized carbons (Fsp3) is 0.280. The van der Waals surface area contributed by atoms with Crippen LogP contribution in [-0.4, -0.2) is 50.7 Å². The standard InChI is InChI=1S/C25H24ClN7/c1-16-12-19(14-21(26)28-16)23-24(18-5-3-4-17(13-18)15-27)31-33-11-8-22(30-25(23)33)29-20-6-9-32(2)10-7-20/h3-5,8,11-14,20H,6-7,9-10H2,1-2H3,(H,29,30). The highest BCUT2D eigenvalue weighted by Gasteiger charge is 2.21. The summed E-state index contributed by atoms with van der Waals surface area (Å²) < 4.78 is 1.78. The molecule has 5 rings (SSSR count). The molecule has 0 amide bonds. The molecule has 0 bridgehead atoms. The SMILES string of the molecule is Cc1cc(-c2c(-c3cccc(C#N)c3)nn3ccc(NC4CCN(C)CC4)nc23)cc(Cl)n1. The number of nitriles is 1. The van der Waals surface area contributed by atoms with Crippen LogP contribution in [0.25, 0.3) is 28.0 Å². The van der Waals surface area contributed by atoms with Crippen molar-refractivity contribution in [2.45, 2.75) is 25.8 Å². The lowest BCUT2D eigenvalue weighted by molar-refractivity contribution is 0.263. The van der Waals surface area contributed by atoms with E-state index >= 15 is 0 Å². The summed E-state index contributed by atoms with van der Waals surface area (Å²) in [6.45, 7) is 4.07. The highest BCUT2D eigenvalue weighted by atomic mass is 35.5. The molecule has 1 aliphatic rings. The Morgan fingerprint density at radius 2 is 1.91 bits per heavy atom. The largest absolute Gasteiger partial charge is 0.367 e. The first-order valence-electron chi connectivity index (χ1n) is 11.0. The van der Waals surface area contributed by atoms with Crippen molar-refractivity contribution in [1.29, 1.82) is 5.26 Å². The second-order valence-corrected chi connectivity index (χ2v) is 8.93. The molecule has 1 aliphatic heterocycles. The molecule has 0 spiro atoms. The Balaban J connectivity index is 1.65. The van der Waals surface area contributed by atoms with E-state index in [1.165, 1.54) is 0 Å². The Morgan fingerprint density at radius 1 is 1.09 bits per heavy atom. The number of benzene rings is 1. The van der Waals surface area contributed by atoms with E-state index in [-0.39, 0.29) is 0 Å². The van der Waals surface area contributed by atoms with Gasteiger partial charge in [0, 0.05) is 23.5 Å². The van der Waals surface area contributed by atoms with E-state index < -0.39 is 0 Å². The number of nitrogens with one attached hydrogen (secondary N) is 1. The van der Waals surface area contributed by atoms with Crippen LogP contribution in [0.2, 0.25) is 5.15 Å². The zero-order valence-corrected chi connectivity index (χ0v) is 19.3. The minimum Gasteiger partial charge on any atom is -0.367 e. The van der Waals surface area contributed by atoms with Crippen molar-refractivity contribution in [1.82, 2.24) is 24.5 Å². The van der Waals surface area contributed by atoms with Gasteiger partial charge >= 0.3 is 0 Å². The molecule has 4 aromatic rings. The third kappa shape index (κ3) is 4.40. The predicted molar refractivity (Wildman–Crippen MR) is 130 cm³/mol. The van der Waals surface area contributed by atoms with Crippen molar-refractivity contribution < 1.29 is 0 Å². The Bertz CT molecular complexity index is 1340.